The van der Waals surface area contributed by atoms with Gasteiger partial charge in [0.05, 0.1) is 5.02 Å². The molecule has 0 heterocycles. The second-order valence-corrected chi connectivity index (χ2v) is 6.16. The van der Waals surface area contributed by atoms with Crippen molar-refractivity contribution in [2.75, 3.05) is 0 Å². The van der Waals surface area contributed by atoms with Crippen LogP contribution in [-0.4, -0.2) is 14.5 Å². The Hall–Kier alpha value is -0.580. The molecule has 0 amide bonds. The minimum Gasteiger partial charge on any atom is -0.208 e. The fourth-order valence-electron chi connectivity index (χ4n) is 1.56. The molecule has 1 rings (SSSR count). The third kappa shape index (κ3) is 3.69. The number of sulfonamides is 1. The summed E-state index contributed by atoms with van der Waals surface area (Å²) in [5, 5.41) is 0.267. The maximum Gasteiger partial charge on any atom is 0.242 e. The maximum absolute atomic E-state index is 12.1. The van der Waals surface area contributed by atoms with Crippen LogP contribution in [0, 0.1) is 6.92 Å². The lowest BCUT2D eigenvalue weighted by atomic mass is 10.2. The van der Waals surface area contributed by atoms with Gasteiger partial charge in [0.15, 0.2) is 0 Å². The third-order valence-corrected chi connectivity index (χ3v) is 4.69. The van der Waals surface area contributed by atoms with Gasteiger partial charge in [-0.05, 0) is 37.5 Å². The predicted octanol–water partition coefficient (Wildman–Crippen LogP) is 3.12. The highest BCUT2D eigenvalue weighted by molar-refractivity contribution is 7.89. The van der Waals surface area contributed by atoms with Crippen molar-refractivity contribution in [3.05, 3.63) is 28.8 Å². The number of benzene rings is 1. The normalized spacial score (nSPS) is 12.1. The van der Waals surface area contributed by atoms with E-state index in [0.29, 0.717) is 0 Å². The first-order valence-corrected chi connectivity index (χ1v) is 7.55. The zero-order valence-corrected chi connectivity index (χ0v) is 11.9. The SMILES string of the molecule is CCC(CC)NS(=O)(=O)c1ccc(C)cc1Cl. The summed E-state index contributed by atoms with van der Waals surface area (Å²) in [6.07, 6.45) is 1.53. The van der Waals surface area contributed by atoms with Crippen LogP contribution in [0.5, 0.6) is 0 Å². The van der Waals surface area contributed by atoms with E-state index in [2.05, 4.69) is 4.72 Å². The zero-order valence-electron chi connectivity index (χ0n) is 10.3. The summed E-state index contributed by atoms with van der Waals surface area (Å²) in [6.45, 7) is 5.78. The van der Waals surface area contributed by atoms with Gasteiger partial charge in [0.25, 0.3) is 0 Å². The highest BCUT2D eigenvalue weighted by Crippen LogP contribution is 2.22. The van der Waals surface area contributed by atoms with Crippen molar-refractivity contribution in [3.8, 4) is 0 Å². The van der Waals surface area contributed by atoms with E-state index in [0.717, 1.165) is 18.4 Å². The lowest BCUT2D eigenvalue weighted by Crippen LogP contribution is -2.34. The van der Waals surface area contributed by atoms with Crippen LogP contribution < -0.4 is 4.72 Å². The molecule has 0 aliphatic heterocycles. The average molecular weight is 276 g/mol. The van der Waals surface area contributed by atoms with Gasteiger partial charge in [-0.3, -0.25) is 0 Å². The molecule has 0 spiro atoms. The van der Waals surface area contributed by atoms with Crippen LogP contribution in [0.3, 0.4) is 0 Å². The lowest BCUT2D eigenvalue weighted by Gasteiger charge is -2.15. The number of halogens is 1. The molecule has 0 bridgehead atoms. The highest BCUT2D eigenvalue weighted by Gasteiger charge is 2.20. The molecule has 0 saturated heterocycles. The van der Waals surface area contributed by atoms with Crippen molar-refractivity contribution < 1.29 is 8.42 Å². The summed E-state index contributed by atoms with van der Waals surface area (Å²) in [7, 11) is -3.51. The van der Waals surface area contributed by atoms with E-state index in [1.165, 1.54) is 0 Å². The first-order chi connectivity index (χ1) is 7.90. The maximum atomic E-state index is 12.1. The van der Waals surface area contributed by atoms with Crippen molar-refractivity contribution in [1.82, 2.24) is 4.72 Å². The van der Waals surface area contributed by atoms with E-state index in [1.54, 1.807) is 18.2 Å². The number of rotatable bonds is 5. The smallest absolute Gasteiger partial charge is 0.208 e. The second-order valence-electron chi connectivity index (χ2n) is 4.07. The molecule has 0 aliphatic carbocycles. The highest BCUT2D eigenvalue weighted by atomic mass is 35.5. The van der Waals surface area contributed by atoms with E-state index in [4.69, 9.17) is 11.6 Å². The minimum absolute atomic E-state index is 0.0441. The number of hydrogen-bond acceptors (Lipinski definition) is 2. The predicted molar refractivity (Wildman–Crippen MR) is 70.9 cm³/mol. The second kappa shape index (κ2) is 5.85. The zero-order chi connectivity index (χ0) is 13.1. The first kappa shape index (κ1) is 14.5. The Kier molecular flexibility index (Phi) is 4.98. The van der Waals surface area contributed by atoms with E-state index >= 15 is 0 Å². The molecule has 3 nitrogen and oxygen atoms in total. The molecule has 0 unspecified atom stereocenters. The largest absolute Gasteiger partial charge is 0.242 e. The molecule has 0 radical (unpaired) electrons. The Bertz CT molecular complexity index is 481. The number of nitrogens with one attached hydrogen (secondary N) is 1. The molecule has 96 valence electrons. The van der Waals surface area contributed by atoms with Crippen molar-refractivity contribution in [3.63, 3.8) is 0 Å². The van der Waals surface area contributed by atoms with Crippen LogP contribution in [0.1, 0.15) is 32.3 Å². The van der Waals surface area contributed by atoms with Gasteiger partial charge in [-0.15, -0.1) is 0 Å². The quantitative estimate of drug-likeness (QED) is 0.897. The summed E-state index contributed by atoms with van der Waals surface area (Å²) in [6, 6.07) is 4.90. The standard InChI is InChI=1S/C12H18ClNO2S/c1-4-10(5-2)14-17(15,16)12-7-6-9(3)8-11(12)13/h6-8,10,14H,4-5H2,1-3H3. The Morgan fingerprint density at radius 1 is 1.29 bits per heavy atom. The molecular formula is C12H18ClNO2S. The van der Waals surface area contributed by atoms with Crippen LogP contribution in [-0.2, 0) is 10.0 Å². The number of hydrogen-bond donors (Lipinski definition) is 1. The average Bonchev–Trinajstić information content (AvgIpc) is 2.25. The molecule has 1 N–H and O–H groups in total. The van der Waals surface area contributed by atoms with Gasteiger partial charge >= 0.3 is 0 Å². The Labute approximate surface area is 108 Å². The molecule has 0 aliphatic rings. The van der Waals surface area contributed by atoms with Crippen molar-refractivity contribution in [1.29, 1.82) is 0 Å². The monoisotopic (exact) mass is 275 g/mol. The minimum atomic E-state index is -3.51. The van der Waals surface area contributed by atoms with Gasteiger partial charge in [0.2, 0.25) is 10.0 Å². The molecule has 1 aromatic rings. The van der Waals surface area contributed by atoms with Crippen LogP contribution >= 0.6 is 11.6 Å². The van der Waals surface area contributed by atoms with Gasteiger partial charge in [0.1, 0.15) is 4.90 Å². The van der Waals surface area contributed by atoms with E-state index in [-0.39, 0.29) is 16.0 Å². The van der Waals surface area contributed by atoms with Crippen molar-refractivity contribution >= 4 is 21.6 Å². The fraction of sp³-hybridized carbons (Fsp3) is 0.500. The molecule has 0 atom stereocenters. The van der Waals surface area contributed by atoms with Gasteiger partial charge in [0, 0.05) is 6.04 Å². The molecule has 0 aromatic heterocycles. The van der Waals surface area contributed by atoms with Crippen LogP contribution in [0.2, 0.25) is 5.02 Å². The summed E-state index contributed by atoms with van der Waals surface area (Å²) in [4.78, 5) is 0.150. The van der Waals surface area contributed by atoms with Gasteiger partial charge in [-0.2, -0.15) is 0 Å². The van der Waals surface area contributed by atoms with Crippen LogP contribution in [0.25, 0.3) is 0 Å². The van der Waals surface area contributed by atoms with Crippen molar-refractivity contribution in [2.24, 2.45) is 0 Å². The molecule has 17 heavy (non-hydrogen) atoms. The van der Waals surface area contributed by atoms with Crippen molar-refractivity contribution in [2.45, 2.75) is 44.6 Å². The topological polar surface area (TPSA) is 46.2 Å². The van der Waals surface area contributed by atoms with Crippen LogP contribution in [0.15, 0.2) is 23.1 Å². The van der Waals surface area contributed by atoms with Gasteiger partial charge < -0.3 is 0 Å². The van der Waals surface area contributed by atoms with E-state index in [9.17, 15) is 8.42 Å². The lowest BCUT2D eigenvalue weighted by molar-refractivity contribution is 0.530. The molecule has 0 saturated carbocycles. The molecular weight excluding hydrogens is 258 g/mol. The summed E-state index contributed by atoms with van der Waals surface area (Å²) < 4.78 is 26.9. The summed E-state index contributed by atoms with van der Waals surface area (Å²) in [5.74, 6) is 0. The molecule has 1 aromatic carbocycles. The van der Waals surface area contributed by atoms with Crippen LogP contribution in [0.4, 0.5) is 0 Å². The van der Waals surface area contributed by atoms with E-state index < -0.39 is 10.0 Å². The Morgan fingerprint density at radius 3 is 2.35 bits per heavy atom. The summed E-state index contributed by atoms with van der Waals surface area (Å²) >= 11 is 5.96. The Balaban J connectivity index is 3.05. The Morgan fingerprint density at radius 2 is 1.88 bits per heavy atom. The fourth-order valence-corrected chi connectivity index (χ4v) is 3.56. The van der Waals surface area contributed by atoms with E-state index in [1.807, 2.05) is 20.8 Å². The third-order valence-electron chi connectivity index (χ3n) is 2.68. The van der Waals surface area contributed by atoms with Gasteiger partial charge in [-0.25, -0.2) is 13.1 Å². The molecule has 0 fully saturated rings. The summed E-state index contributed by atoms with van der Waals surface area (Å²) in [5.41, 5.74) is 0.941. The number of aryl methyl sites for hydroxylation is 1. The first-order valence-electron chi connectivity index (χ1n) is 5.69. The van der Waals surface area contributed by atoms with Gasteiger partial charge in [-0.1, -0.05) is 31.5 Å². The molecule has 5 heteroatoms.